The second-order valence-corrected chi connectivity index (χ2v) is 5.17. The van der Waals surface area contributed by atoms with Gasteiger partial charge in [-0.15, -0.1) is 0 Å². The van der Waals surface area contributed by atoms with Gasteiger partial charge in [-0.3, -0.25) is 0 Å². The number of piperidine rings is 1. The number of fused-ring (bicyclic) bond motifs is 1. The Bertz CT molecular complexity index is 502. The van der Waals surface area contributed by atoms with Crippen LogP contribution in [-0.2, 0) is 0 Å². The molecule has 1 aliphatic heterocycles. The highest BCUT2D eigenvalue weighted by Gasteiger charge is 2.18. The summed E-state index contributed by atoms with van der Waals surface area (Å²) in [6, 6.07) is 4.03. The Morgan fingerprint density at radius 2 is 2.06 bits per heavy atom. The molecule has 0 saturated carbocycles. The molecule has 0 atom stereocenters. The number of aromatic amines is 1. The van der Waals surface area contributed by atoms with Crippen LogP contribution in [0.3, 0.4) is 0 Å². The Labute approximate surface area is 106 Å². The molecule has 1 aromatic carbocycles. The molecule has 0 radical (unpaired) electrons. The van der Waals surface area contributed by atoms with Crippen LogP contribution in [0.5, 0.6) is 0 Å². The fourth-order valence-electron chi connectivity index (χ4n) is 2.45. The number of hydrogen-bond acceptors (Lipinski definition) is 2. The number of nitrogens with zero attached hydrogens (tertiary/aromatic N) is 1. The molecular weight excluding hydrogens is 234 g/mol. The van der Waals surface area contributed by atoms with Gasteiger partial charge in [-0.25, -0.2) is 4.98 Å². The number of H-pyrrole nitrogens is 1. The van der Waals surface area contributed by atoms with Gasteiger partial charge in [-0.05, 0) is 50.6 Å². The summed E-state index contributed by atoms with van der Waals surface area (Å²) >= 11 is 6.12. The largest absolute Gasteiger partial charge is 0.342 e. The Morgan fingerprint density at radius 3 is 2.82 bits per heavy atom. The van der Waals surface area contributed by atoms with Crippen molar-refractivity contribution in [1.29, 1.82) is 0 Å². The van der Waals surface area contributed by atoms with E-state index in [0.717, 1.165) is 53.4 Å². The molecule has 17 heavy (non-hydrogen) atoms. The van der Waals surface area contributed by atoms with Gasteiger partial charge in [0.25, 0.3) is 0 Å². The van der Waals surface area contributed by atoms with Gasteiger partial charge >= 0.3 is 0 Å². The topological polar surface area (TPSA) is 40.7 Å². The number of aryl methyl sites for hydroxylation is 1. The van der Waals surface area contributed by atoms with Crippen LogP contribution in [0.25, 0.3) is 11.0 Å². The minimum Gasteiger partial charge on any atom is -0.342 e. The highest BCUT2D eigenvalue weighted by Crippen LogP contribution is 2.27. The van der Waals surface area contributed by atoms with E-state index in [0.29, 0.717) is 5.92 Å². The molecule has 0 spiro atoms. The first-order valence-electron chi connectivity index (χ1n) is 6.10. The van der Waals surface area contributed by atoms with Gasteiger partial charge in [-0.1, -0.05) is 11.6 Å². The van der Waals surface area contributed by atoms with E-state index in [4.69, 9.17) is 11.6 Å². The third-order valence-corrected chi connectivity index (χ3v) is 3.91. The van der Waals surface area contributed by atoms with Gasteiger partial charge in [0.05, 0.1) is 11.0 Å². The number of aromatic nitrogens is 2. The number of rotatable bonds is 1. The van der Waals surface area contributed by atoms with E-state index in [-0.39, 0.29) is 0 Å². The summed E-state index contributed by atoms with van der Waals surface area (Å²) < 4.78 is 0. The Morgan fingerprint density at radius 1 is 1.29 bits per heavy atom. The third-order valence-electron chi connectivity index (χ3n) is 3.51. The molecule has 0 aliphatic carbocycles. The average molecular weight is 250 g/mol. The predicted octanol–water partition coefficient (Wildman–Crippen LogP) is 2.99. The fourth-order valence-corrected chi connectivity index (χ4v) is 2.61. The van der Waals surface area contributed by atoms with Gasteiger partial charge in [0, 0.05) is 10.9 Å². The number of nitrogens with one attached hydrogen (secondary N) is 2. The Kier molecular flexibility index (Phi) is 2.81. The monoisotopic (exact) mass is 249 g/mol. The normalized spacial score (nSPS) is 17.8. The van der Waals surface area contributed by atoms with Crippen LogP contribution >= 0.6 is 11.6 Å². The van der Waals surface area contributed by atoms with E-state index < -0.39 is 0 Å². The van der Waals surface area contributed by atoms with Crippen LogP contribution in [0, 0.1) is 6.92 Å². The molecule has 1 aromatic heterocycles. The van der Waals surface area contributed by atoms with Crippen LogP contribution in [0.4, 0.5) is 0 Å². The van der Waals surface area contributed by atoms with Crippen molar-refractivity contribution in [2.45, 2.75) is 25.7 Å². The maximum Gasteiger partial charge on any atom is 0.110 e. The van der Waals surface area contributed by atoms with E-state index >= 15 is 0 Å². The molecule has 3 rings (SSSR count). The van der Waals surface area contributed by atoms with Crippen LogP contribution in [0.15, 0.2) is 12.1 Å². The van der Waals surface area contributed by atoms with Crippen LogP contribution in [-0.4, -0.2) is 23.1 Å². The molecule has 2 aromatic rings. The molecule has 0 amide bonds. The molecule has 4 heteroatoms. The molecule has 1 saturated heterocycles. The molecule has 90 valence electrons. The SMILES string of the molecule is Cc1cc2[nH]c(C3CCNCC3)nc2cc1Cl. The fraction of sp³-hybridized carbons (Fsp3) is 0.462. The van der Waals surface area contributed by atoms with Gasteiger partial charge < -0.3 is 10.3 Å². The van der Waals surface area contributed by atoms with E-state index in [1.807, 2.05) is 13.0 Å². The lowest BCUT2D eigenvalue weighted by molar-refractivity contribution is 0.448. The van der Waals surface area contributed by atoms with Crippen molar-refractivity contribution >= 4 is 22.6 Å². The van der Waals surface area contributed by atoms with E-state index in [1.165, 1.54) is 0 Å². The number of benzene rings is 1. The molecule has 1 aliphatic rings. The molecule has 1 fully saturated rings. The van der Waals surface area contributed by atoms with Crippen molar-refractivity contribution in [3.8, 4) is 0 Å². The van der Waals surface area contributed by atoms with Crippen molar-refractivity contribution in [2.24, 2.45) is 0 Å². The smallest absolute Gasteiger partial charge is 0.110 e. The zero-order chi connectivity index (χ0) is 11.8. The Hall–Kier alpha value is -1.06. The van der Waals surface area contributed by atoms with Crippen LogP contribution in [0.1, 0.15) is 30.1 Å². The minimum absolute atomic E-state index is 0.558. The van der Waals surface area contributed by atoms with E-state index in [9.17, 15) is 0 Å². The molecule has 0 bridgehead atoms. The van der Waals surface area contributed by atoms with E-state index in [1.54, 1.807) is 0 Å². The lowest BCUT2D eigenvalue weighted by Gasteiger charge is -2.20. The minimum atomic E-state index is 0.558. The first-order chi connectivity index (χ1) is 8.24. The van der Waals surface area contributed by atoms with E-state index in [2.05, 4.69) is 21.4 Å². The summed E-state index contributed by atoms with van der Waals surface area (Å²) in [6.07, 6.45) is 2.32. The summed E-state index contributed by atoms with van der Waals surface area (Å²) in [5.41, 5.74) is 3.18. The number of hydrogen-bond donors (Lipinski definition) is 2. The van der Waals surface area contributed by atoms with Crippen LogP contribution < -0.4 is 5.32 Å². The predicted molar refractivity (Wildman–Crippen MR) is 70.7 cm³/mol. The molecule has 2 heterocycles. The number of halogens is 1. The standard InChI is InChI=1S/C13H16ClN3/c1-8-6-11-12(7-10(8)14)17-13(16-11)9-2-4-15-5-3-9/h6-7,9,15H,2-5H2,1H3,(H,16,17). The summed E-state index contributed by atoms with van der Waals surface area (Å²) in [4.78, 5) is 8.11. The maximum absolute atomic E-state index is 6.12. The van der Waals surface area contributed by atoms with Crippen molar-refractivity contribution in [1.82, 2.24) is 15.3 Å². The van der Waals surface area contributed by atoms with Crippen molar-refractivity contribution < 1.29 is 0 Å². The zero-order valence-corrected chi connectivity index (χ0v) is 10.6. The van der Waals surface area contributed by atoms with Gasteiger partial charge in [0.2, 0.25) is 0 Å². The second kappa shape index (κ2) is 4.31. The maximum atomic E-state index is 6.12. The van der Waals surface area contributed by atoms with Crippen LogP contribution in [0.2, 0.25) is 5.02 Å². The molecule has 3 nitrogen and oxygen atoms in total. The van der Waals surface area contributed by atoms with Gasteiger partial charge in [-0.2, -0.15) is 0 Å². The molecule has 2 N–H and O–H groups in total. The third kappa shape index (κ3) is 2.05. The first kappa shape index (κ1) is 11.1. The van der Waals surface area contributed by atoms with Crippen molar-refractivity contribution in [3.05, 3.63) is 28.5 Å². The first-order valence-corrected chi connectivity index (χ1v) is 6.48. The Balaban J connectivity index is 2.00. The second-order valence-electron chi connectivity index (χ2n) is 4.76. The summed E-state index contributed by atoms with van der Waals surface area (Å²) in [5, 5.41) is 4.17. The lowest BCUT2D eigenvalue weighted by Crippen LogP contribution is -2.27. The highest BCUT2D eigenvalue weighted by molar-refractivity contribution is 6.32. The average Bonchev–Trinajstić information content (AvgIpc) is 2.74. The summed E-state index contributed by atoms with van der Waals surface area (Å²) in [7, 11) is 0. The van der Waals surface area contributed by atoms with Crippen molar-refractivity contribution in [3.63, 3.8) is 0 Å². The highest BCUT2D eigenvalue weighted by atomic mass is 35.5. The summed E-state index contributed by atoms with van der Waals surface area (Å²) in [5.74, 6) is 1.67. The quantitative estimate of drug-likeness (QED) is 0.816. The summed E-state index contributed by atoms with van der Waals surface area (Å²) in [6.45, 7) is 4.19. The van der Waals surface area contributed by atoms with Gasteiger partial charge in [0.15, 0.2) is 0 Å². The lowest BCUT2D eigenvalue weighted by atomic mass is 9.98. The molecule has 0 unspecified atom stereocenters. The zero-order valence-electron chi connectivity index (χ0n) is 9.89. The molecular formula is C13H16ClN3. The number of imidazole rings is 1. The van der Waals surface area contributed by atoms with Crippen molar-refractivity contribution in [2.75, 3.05) is 13.1 Å². The van der Waals surface area contributed by atoms with Gasteiger partial charge in [0.1, 0.15) is 5.82 Å².